The van der Waals surface area contributed by atoms with Gasteiger partial charge >= 0.3 is 0 Å². The molecule has 1 unspecified atom stereocenters. The summed E-state index contributed by atoms with van der Waals surface area (Å²) in [4.78, 5) is 10.4. The van der Waals surface area contributed by atoms with Crippen LogP contribution in [0.1, 0.15) is 13.8 Å². The van der Waals surface area contributed by atoms with E-state index in [1.807, 2.05) is 13.8 Å². The van der Waals surface area contributed by atoms with Crippen LogP contribution in [0, 0.1) is 0 Å². The lowest BCUT2D eigenvalue weighted by molar-refractivity contribution is -0.110. The van der Waals surface area contributed by atoms with Crippen LogP contribution in [0.5, 0.6) is 0 Å². The fraction of sp³-hybridized carbons (Fsp3) is 0.800. The van der Waals surface area contributed by atoms with Crippen molar-refractivity contribution in [3.63, 3.8) is 0 Å². The molecule has 0 fully saturated rings. The van der Waals surface area contributed by atoms with Crippen LogP contribution >= 0.6 is 24.4 Å². The maximum atomic E-state index is 10.4. The Morgan fingerprint density at radius 2 is 2.38 bits per heavy atom. The first-order valence-electron chi connectivity index (χ1n) is 2.53. The highest BCUT2D eigenvalue weighted by Gasteiger charge is 2.05. The smallest absolute Gasteiger partial charge is 0.198 e. The summed E-state index contributed by atoms with van der Waals surface area (Å²) in [5, 5.41) is 0.0279. The van der Waals surface area contributed by atoms with Crippen LogP contribution in [-0.4, -0.2) is 16.1 Å². The quantitative estimate of drug-likeness (QED) is 0.615. The average Bonchev–Trinajstić information content (AvgIpc) is 1.67. The summed E-state index contributed by atoms with van der Waals surface area (Å²) in [6, 6.07) is 0. The molecule has 0 N–H and O–H groups in total. The van der Waals surface area contributed by atoms with E-state index in [0.717, 1.165) is 5.75 Å². The van der Waals surface area contributed by atoms with Gasteiger partial charge in [-0.25, -0.2) is 0 Å². The first kappa shape index (κ1) is 8.37. The van der Waals surface area contributed by atoms with E-state index in [4.69, 9.17) is 0 Å². The highest BCUT2D eigenvalue weighted by molar-refractivity contribution is 8.05. The first-order valence-corrected chi connectivity index (χ1v) is 4.02. The molecule has 0 aliphatic heterocycles. The summed E-state index contributed by atoms with van der Waals surface area (Å²) < 4.78 is 0. The number of carbonyl (C=O) groups excluding carboxylic acids is 1. The van der Waals surface area contributed by atoms with E-state index in [-0.39, 0.29) is 10.4 Å². The highest BCUT2D eigenvalue weighted by Crippen LogP contribution is 2.11. The number of thioether (sulfide) groups is 1. The van der Waals surface area contributed by atoms with E-state index in [1.54, 1.807) is 11.8 Å². The molecular weight excluding hydrogens is 140 g/mol. The van der Waals surface area contributed by atoms with Crippen LogP contribution in [0.3, 0.4) is 0 Å². The Morgan fingerprint density at radius 1 is 1.88 bits per heavy atom. The van der Waals surface area contributed by atoms with E-state index in [1.165, 1.54) is 0 Å². The zero-order chi connectivity index (χ0) is 6.57. The zero-order valence-corrected chi connectivity index (χ0v) is 6.76. The van der Waals surface area contributed by atoms with Crippen LogP contribution in [0.4, 0.5) is 0 Å². The Balaban J connectivity index is 3.32. The van der Waals surface area contributed by atoms with Crippen LogP contribution in [0.25, 0.3) is 0 Å². The second kappa shape index (κ2) is 4.27. The highest BCUT2D eigenvalue weighted by atomic mass is 32.2. The molecule has 0 aliphatic rings. The molecule has 0 rings (SSSR count). The van der Waals surface area contributed by atoms with Gasteiger partial charge in [0, 0.05) is 0 Å². The van der Waals surface area contributed by atoms with E-state index in [2.05, 4.69) is 12.6 Å². The van der Waals surface area contributed by atoms with Gasteiger partial charge in [0.2, 0.25) is 0 Å². The molecule has 0 heterocycles. The van der Waals surface area contributed by atoms with Crippen molar-refractivity contribution in [2.75, 3.05) is 5.75 Å². The molecule has 0 spiro atoms. The van der Waals surface area contributed by atoms with Crippen molar-refractivity contribution in [2.24, 2.45) is 0 Å². The lowest BCUT2D eigenvalue weighted by Crippen LogP contribution is -2.05. The Kier molecular flexibility index (Phi) is 4.47. The predicted octanol–water partition coefficient (Wildman–Crippen LogP) is 1.58. The topological polar surface area (TPSA) is 17.1 Å². The summed E-state index contributed by atoms with van der Waals surface area (Å²) in [7, 11) is 0. The van der Waals surface area contributed by atoms with E-state index in [0.29, 0.717) is 0 Å². The molecule has 0 aromatic rings. The molecule has 1 atom stereocenters. The second-order valence-electron chi connectivity index (χ2n) is 1.44. The molecule has 3 heteroatoms. The number of carbonyl (C=O) groups is 1. The van der Waals surface area contributed by atoms with Gasteiger partial charge in [0.05, 0.1) is 5.25 Å². The molecule has 0 saturated heterocycles. The van der Waals surface area contributed by atoms with Gasteiger partial charge in [0.1, 0.15) is 0 Å². The summed E-state index contributed by atoms with van der Waals surface area (Å²) in [5.74, 6) is 0.980. The SMILES string of the molecule is CCSC(C)C(=O)S. The van der Waals surface area contributed by atoms with Crippen molar-refractivity contribution in [1.29, 1.82) is 0 Å². The third kappa shape index (κ3) is 3.38. The van der Waals surface area contributed by atoms with Crippen molar-refractivity contribution >= 4 is 29.5 Å². The largest absolute Gasteiger partial charge is 0.286 e. The van der Waals surface area contributed by atoms with Gasteiger partial charge in [-0.1, -0.05) is 6.92 Å². The van der Waals surface area contributed by atoms with Crippen molar-refractivity contribution in [1.82, 2.24) is 0 Å². The maximum Gasteiger partial charge on any atom is 0.198 e. The monoisotopic (exact) mass is 150 g/mol. The molecule has 48 valence electrons. The minimum Gasteiger partial charge on any atom is -0.286 e. The number of thiol groups is 1. The molecule has 0 radical (unpaired) electrons. The number of rotatable bonds is 3. The number of hydrogen-bond acceptors (Lipinski definition) is 2. The molecule has 0 saturated carbocycles. The Bertz CT molecular complexity index is 82.5. The van der Waals surface area contributed by atoms with Crippen molar-refractivity contribution in [3.05, 3.63) is 0 Å². The van der Waals surface area contributed by atoms with Gasteiger partial charge in [-0.2, -0.15) is 11.8 Å². The summed E-state index contributed by atoms with van der Waals surface area (Å²) in [5.41, 5.74) is 0. The lowest BCUT2D eigenvalue weighted by Gasteiger charge is -2.00. The molecule has 1 nitrogen and oxygen atoms in total. The van der Waals surface area contributed by atoms with Crippen molar-refractivity contribution in [3.8, 4) is 0 Å². The molecule has 0 aliphatic carbocycles. The lowest BCUT2D eigenvalue weighted by atomic mass is 10.5. The fourth-order valence-corrected chi connectivity index (χ4v) is 1.19. The third-order valence-electron chi connectivity index (χ3n) is 0.764. The van der Waals surface area contributed by atoms with Crippen LogP contribution in [0.15, 0.2) is 0 Å². The van der Waals surface area contributed by atoms with Gasteiger partial charge in [-0.15, -0.1) is 12.6 Å². The fourth-order valence-electron chi connectivity index (χ4n) is 0.321. The summed E-state index contributed by atoms with van der Waals surface area (Å²) in [6.45, 7) is 3.89. The Morgan fingerprint density at radius 3 is 2.50 bits per heavy atom. The Hall–Kier alpha value is 0.370. The summed E-state index contributed by atoms with van der Waals surface area (Å²) in [6.07, 6.45) is 0. The standard InChI is InChI=1S/C5H10OS2/c1-3-8-4(2)5(6)7/h4H,3H2,1-2H3,(H,6,7). The van der Waals surface area contributed by atoms with E-state index >= 15 is 0 Å². The van der Waals surface area contributed by atoms with Gasteiger partial charge < -0.3 is 0 Å². The van der Waals surface area contributed by atoms with Crippen LogP contribution < -0.4 is 0 Å². The molecule has 0 amide bonds. The first-order chi connectivity index (χ1) is 3.68. The number of hydrogen-bond donors (Lipinski definition) is 1. The molecular formula is C5H10OS2. The van der Waals surface area contributed by atoms with Crippen LogP contribution in [0.2, 0.25) is 0 Å². The van der Waals surface area contributed by atoms with E-state index < -0.39 is 0 Å². The van der Waals surface area contributed by atoms with Gasteiger partial charge in [0.15, 0.2) is 5.12 Å². The normalized spacial score (nSPS) is 13.4. The van der Waals surface area contributed by atoms with Gasteiger partial charge in [-0.3, -0.25) is 4.79 Å². The van der Waals surface area contributed by atoms with Crippen LogP contribution in [-0.2, 0) is 4.79 Å². The maximum absolute atomic E-state index is 10.4. The molecule has 0 aromatic carbocycles. The molecule has 0 bridgehead atoms. The molecule has 8 heavy (non-hydrogen) atoms. The minimum absolute atomic E-state index is 0.0307. The van der Waals surface area contributed by atoms with Crippen molar-refractivity contribution in [2.45, 2.75) is 19.1 Å². The zero-order valence-electron chi connectivity index (χ0n) is 5.05. The second-order valence-corrected chi connectivity index (χ2v) is 3.49. The molecule has 0 aromatic heterocycles. The summed E-state index contributed by atoms with van der Waals surface area (Å²) >= 11 is 5.28. The van der Waals surface area contributed by atoms with Gasteiger partial charge in [-0.05, 0) is 12.7 Å². The van der Waals surface area contributed by atoms with E-state index in [9.17, 15) is 4.79 Å². The van der Waals surface area contributed by atoms with Crippen molar-refractivity contribution < 1.29 is 4.79 Å². The minimum atomic E-state index is -0.0307. The Labute approximate surface area is 59.6 Å². The van der Waals surface area contributed by atoms with Gasteiger partial charge in [0.25, 0.3) is 0 Å². The average molecular weight is 150 g/mol. The third-order valence-corrected chi connectivity index (χ3v) is 2.37. The predicted molar refractivity (Wildman–Crippen MR) is 41.6 cm³/mol.